The molecule has 0 unspecified atom stereocenters. The highest BCUT2D eigenvalue weighted by Crippen LogP contribution is 2.02. The van der Waals surface area contributed by atoms with Crippen LogP contribution in [0.25, 0.3) is 0 Å². The Balaban J connectivity index is 3.95. The van der Waals surface area contributed by atoms with Gasteiger partial charge in [-0.25, -0.2) is 0 Å². The lowest BCUT2D eigenvalue weighted by Gasteiger charge is -2.24. The fourth-order valence-corrected chi connectivity index (χ4v) is 1.32. The maximum Gasteiger partial charge on any atom is 0.319 e. The summed E-state index contributed by atoms with van der Waals surface area (Å²) in [7, 11) is 3.00. The molecule has 0 heterocycles. The number of nitrogens with one attached hydrogen (secondary N) is 1. The highest BCUT2D eigenvalue weighted by Gasteiger charge is 2.14. The lowest BCUT2D eigenvalue weighted by Crippen LogP contribution is -2.37. The van der Waals surface area contributed by atoms with Crippen LogP contribution in [0.4, 0.5) is 0 Å². The first kappa shape index (κ1) is 14.9. The van der Waals surface area contributed by atoms with Crippen LogP contribution in [-0.2, 0) is 14.3 Å². The monoisotopic (exact) mass is 230 g/mol. The smallest absolute Gasteiger partial charge is 0.319 e. The van der Waals surface area contributed by atoms with Gasteiger partial charge in [0.1, 0.15) is 0 Å². The molecule has 0 aromatic rings. The zero-order valence-corrected chi connectivity index (χ0v) is 10.6. The van der Waals surface area contributed by atoms with Crippen LogP contribution in [-0.4, -0.2) is 50.1 Å². The second-order valence-corrected chi connectivity index (χ2v) is 3.92. The summed E-state index contributed by atoms with van der Waals surface area (Å²) in [6.45, 7) is 5.04. The molecule has 16 heavy (non-hydrogen) atoms. The van der Waals surface area contributed by atoms with E-state index < -0.39 is 0 Å². The molecule has 0 saturated carbocycles. The molecule has 0 spiro atoms. The van der Waals surface area contributed by atoms with Gasteiger partial charge in [-0.05, 0) is 26.8 Å². The third-order valence-electron chi connectivity index (χ3n) is 2.42. The minimum atomic E-state index is -0.242. The van der Waals surface area contributed by atoms with Crippen LogP contribution >= 0.6 is 0 Å². The van der Waals surface area contributed by atoms with E-state index in [0.29, 0.717) is 6.42 Å². The normalized spacial score (nSPS) is 10.6. The number of ether oxygens (including phenoxy) is 1. The van der Waals surface area contributed by atoms with Crippen LogP contribution in [0.5, 0.6) is 0 Å². The van der Waals surface area contributed by atoms with Gasteiger partial charge in [-0.1, -0.05) is 0 Å². The summed E-state index contributed by atoms with van der Waals surface area (Å²) < 4.78 is 4.62. The van der Waals surface area contributed by atoms with Gasteiger partial charge in [0.25, 0.3) is 0 Å². The molecule has 0 aromatic carbocycles. The van der Waals surface area contributed by atoms with Crippen molar-refractivity contribution in [2.24, 2.45) is 0 Å². The molecule has 0 aromatic heterocycles. The molecule has 94 valence electrons. The van der Waals surface area contributed by atoms with Crippen LogP contribution in [0, 0.1) is 0 Å². The van der Waals surface area contributed by atoms with Gasteiger partial charge in [0.2, 0.25) is 5.91 Å². The van der Waals surface area contributed by atoms with E-state index in [4.69, 9.17) is 0 Å². The van der Waals surface area contributed by atoms with Gasteiger partial charge in [-0.15, -0.1) is 0 Å². The molecule has 1 amide bonds. The van der Waals surface area contributed by atoms with Gasteiger partial charge in [-0.2, -0.15) is 0 Å². The highest BCUT2D eigenvalue weighted by atomic mass is 16.5. The van der Waals surface area contributed by atoms with Crippen molar-refractivity contribution in [3.63, 3.8) is 0 Å². The fraction of sp³-hybridized carbons (Fsp3) is 0.818. The maximum absolute atomic E-state index is 11.1. The van der Waals surface area contributed by atoms with E-state index in [2.05, 4.69) is 10.1 Å². The Morgan fingerprint density at radius 1 is 1.38 bits per heavy atom. The molecule has 5 nitrogen and oxygen atoms in total. The van der Waals surface area contributed by atoms with Crippen molar-refractivity contribution in [1.82, 2.24) is 10.2 Å². The summed E-state index contributed by atoms with van der Waals surface area (Å²) in [4.78, 5) is 24.2. The average molecular weight is 230 g/mol. The summed E-state index contributed by atoms with van der Waals surface area (Å²) in [5.74, 6) is -0.213. The van der Waals surface area contributed by atoms with Crippen molar-refractivity contribution in [2.45, 2.75) is 32.7 Å². The number of hydrogen-bond acceptors (Lipinski definition) is 4. The van der Waals surface area contributed by atoms with Crippen molar-refractivity contribution in [2.75, 3.05) is 27.2 Å². The molecule has 0 atom stereocenters. The van der Waals surface area contributed by atoms with E-state index in [9.17, 15) is 9.59 Å². The SMILES string of the molecule is CNC(=O)CCCN(CC(=O)OC)C(C)C. The standard InChI is InChI=1S/C11H22N2O3/c1-9(2)13(8-11(15)16-4)7-5-6-10(14)12-3/h9H,5-8H2,1-4H3,(H,12,14). The Bertz CT molecular complexity index is 229. The average Bonchev–Trinajstić information content (AvgIpc) is 2.26. The molecule has 0 aliphatic heterocycles. The molecule has 0 fully saturated rings. The predicted octanol–water partition coefficient (Wildman–Crippen LogP) is 0.396. The topological polar surface area (TPSA) is 58.6 Å². The van der Waals surface area contributed by atoms with E-state index >= 15 is 0 Å². The van der Waals surface area contributed by atoms with Crippen LogP contribution in [0.1, 0.15) is 26.7 Å². The summed E-state index contributed by atoms with van der Waals surface area (Å²) in [6, 6.07) is 0.267. The van der Waals surface area contributed by atoms with Crippen molar-refractivity contribution >= 4 is 11.9 Å². The number of carbonyl (C=O) groups is 2. The maximum atomic E-state index is 11.1. The summed E-state index contributed by atoms with van der Waals surface area (Å²) >= 11 is 0. The number of amides is 1. The summed E-state index contributed by atoms with van der Waals surface area (Å²) in [6.07, 6.45) is 1.23. The molecule has 0 saturated heterocycles. The summed E-state index contributed by atoms with van der Waals surface area (Å²) in [5, 5.41) is 2.57. The molecule has 0 aliphatic rings. The van der Waals surface area contributed by atoms with E-state index in [1.807, 2.05) is 18.7 Å². The number of hydrogen-bond donors (Lipinski definition) is 1. The number of carbonyl (C=O) groups excluding carboxylic acids is 2. The van der Waals surface area contributed by atoms with Crippen LogP contribution < -0.4 is 5.32 Å². The second-order valence-electron chi connectivity index (χ2n) is 3.92. The first-order valence-electron chi connectivity index (χ1n) is 5.52. The van der Waals surface area contributed by atoms with Gasteiger partial charge in [0, 0.05) is 19.5 Å². The molecule has 0 radical (unpaired) electrons. The molecule has 5 heteroatoms. The zero-order valence-electron chi connectivity index (χ0n) is 10.6. The van der Waals surface area contributed by atoms with Crippen LogP contribution in [0.15, 0.2) is 0 Å². The van der Waals surface area contributed by atoms with Crippen molar-refractivity contribution < 1.29 is 14.3 Å². The van der Waals surface area contributed by atoms with Crippen LogP contribution in [0.2, 0.25) is 0 Å². The Kier molecular flexibility index (Phi) is 7.54. The Hall–Kier alpha value is -1.10. The Labute approximate surface area is 97.1 Å². The zero-order chi connectivity index (χ0) is 12.6. The predicted molar refractivity (Wildman–Crippen MR) is 62.0 cm³/mol. The van der Waals surface area contributed by atoms with Gasteiger partial charge < -0.3 is 10.1 Å². The third kappa shape index (κ3) is 6.40. The van der Waals surface area contributed by atoms with Gasteiger partial charge in [0.05, 0.1) is 13.7 Å². The first-order valence-corrected chi connectivity index (χ1v) is 5.52. The highest BCUT2D eigenvalue weighted by molar-refractivity contribution is 5.75. The van der Waals surface area contributed by atoms with E-state index in [1.54, 1.807) is 7.05 Å². The van der Waals surface area contributed by atoms with Gasteiger partial charge >= 0.3 is 5.97 Å². The number of methoxy groups -OCH3 is 1. The lowest BCUT2D eigenvalue weighted by atomic mass is 10.2. The van der Waals surface area contributed by atoms with Crippen LogP contribution in [0.3, 0.4) is 0 Å². The molecule has 0 bridgehead atoms. The number of nitrogens with zero attached hydrogens (tertiary/aromatic N) is 1. The van der Waals surface area contributed by atoms with Crippen molar-refractivity contribution in [1.29, 1.82) is 0 Å². The second kappa shape index (κ2) is 8.10. The summed E-state index contributed by atoms with van der Waals surface area (Å²) in [5.41, 5.74) is 0. The largest absolute Gasteiger partial charge is 0.468 e. The third-order valence-corrected chi connectivity index (χ3v) is 2.42. The number of esters is 1. The van der Waals surface area contributed by atoms with Gasteiger partial charge in [0.15, 0.2) is 0 Å². The first-order chi connectivity index (χ1) is 7.51. The number of rotatable bonds is 7. The molecule has 1 N–H and O–H groups in total. The van der Waals surface area contributed by atoms with Gasteiger partial charge in [-0.3, -0.25) is 14.5 Å². The van der Waals surface area contributed by atoms with E-state index in [1.165, 1.54) is 7.11 Å². The minimum absolute atomic E-state index is 0.0294. The molecular formula is C11H22N2O3. The minimum Gasteiger partial charge on any atom is -0.468 e. The Morgan fingerprint density at radius 2 is 2.00 bits per heavy atom. The molecule has 0 aliphatic carbocycles. The lowest BCUT2D eigenvalue weighted by molar-refractivity contribution is -0.142. The van der Waals surface area contributed by atoms with E-state index in [-0.39, 0.29) is 24.5 Å². The quantitative estimate of drug-likeness (QED) is 0.643. The Morgan fingerprint density at radius 3 is 2.44 bits per heavy atom. The van der Waals surface area contributed by atoms with E-state index in [0.717, 1.165) is 13.0 Å². The molecule has 0 rings (SSSR count). The fourth-order valence-electron chi connectivity index (χ4n) is 1.32. The molecular weight excluding hydrogens is 208 g/mol. The van der Waals surface area contributed by atoms with Crippen molar-refractivity contribution in [3.8, 4) is 0 Å². The van der Waals surface area contributed by atoms with Crippen molar-refractivity contribution in [3.05, 3.63) is 0 Å².